The molecule has 1 aliphatic rings. The monoisotopic (exact) mass is 488 g/mol. The molecule has 0 spiro atoms. The van der Waals surface area contributed by atoms with Crippen molar-refractivity contribution in [2.75, 3.05) is 17.4 Å². The minimum Gasteiger partial charge on any atom is -0.454 e. The Balaban J connectivity index is 1.28. The first-order chi connectivity index (χ1) is 18.3. The van der Waals surface area contributed by atoms with Crippen LogP contribution in [0.3, 0.4) is 0 Å². The van der Waals surface area contributed by atoms with E-state index >= 15 is 0 Å². The predicted octanol–water partition coefficient (Wildman–Crippen LogP) is 5.22. The smallest absolute Gasteiger partial charge is 0.231 e. The standard InChI is InChI=1S/C27H20N8O2/c1-2-4-21(5-3-1)35-16-29-24-25(30-19-8-11-22-23(14-19)37-17-36-22)32-27(33-26(24)35)31-18-6-9-20(10-7-18)34-13-12-28-15-34/h1-16H,17H2,(H2,30,31,32,33). The molecule has 7 rings (SSSR count). The van der Waals surface area contributed by atoms with Gasteiger partial charge in [0.15, 0.2) is 28.5 Å². The lowest BCUT2D eigenvalue weighted by Crippen LogP contribution is -2.04. The fraction of sp³-hybridized carbons (Fsp3) is 0.0370. The zero-order valence-electron chi connectivity index (χ0n) is 19.4. The van der Waals surface area contributed by atoms with Crippen molar-refractivity contribution >= 4 is 34.3 Å². The number of hydrogen-bond donors (Lipinski definition) is 2. The Labute approximate surface area is 211 Å². The summed E-state index contributed by atoms with van der Waals surface area (Å²) in [5, 5.41) is 6.71. The van der Waals surface area contributed by atoms with Crippen LogP contribution in [0.5, 0.6) is 11.5 Å². The van der Waals surface area contributed by atoms with Gasteiger partial charge in [-0.2, -0.15) is 9.97 Å². The SMILES string of the molecule is c1ccc(-n2cnc3c(Nc4ccc5c(c4)OCO5)nc(Nc4ccc(-n5ccnc5)cc4)nc32)cc1. The molecule has 0 saturated heterocycles. The Kier molecular flexibility index (Phi) is 4.92. The third kappa shape index (κ3) is 3.96. The Hall–Kier alpha value is -5.38. The molecule has 37 heavy (non-hydrogen) atoms. The van der Waals surface area contributed by atoms with E-state index in [2.05, 4.69) is 20.6 Å². The summed E-state index contributed by atoms with van der Waals surface area (Å²) < 4.78 is 14.9. The number of anilines is 4. The minimum atomic E-state index is 0.214. The third-order valence-electron chi connectivity index (χ3n) is 5.99. The van der Waals surface area contributed by atoms with Gasteiger partial charge in [0.05, 0.1) is 6.33 Å². The molecule has 3 aromatic carbocycles. The summed E-state index contributed by atoms with van der Waals surface area (Å²) in [6.45, 7) is 0.214. The van der Waals surface area contributed by atoms with Crippen LogP contribution in [0.25, 0.3) is 22.5 Å². The number of benzene rings is 3. The molecule has 0 unspecified atom stereocenters. The van der Waals surface area contributed by atoms with Gasteiger partial charge in [0.2, 0.25) is 12.7 Å². The van der Waals surface area contributed by atoms with Crippen molar-refractivity contribution in [2.24, 2.45) is 0 Å². The molecule has 0 amide bonds. The van der Waals surface area contributed by atoms with Crippen LogP contribution < -0.4 is 20.1 Å². The molecule has 1 aliphatic heterocycles. The van der Waals surface area contributed by atoms with E-state index in [4.69, 9.17) is 19.4 Å². The van der Waals surface area contributed by atoms with E-state index in [-0.39, 0.29) is 6.79 Å². The Bertz CT molecular complexity index is 1700. The number of rotatable bonds is 6. The first kappa shape index (κ1) is 20.9. The summed E-state index contributed by atoms with van der Waals surface area (Å²) in [4.78, 5) is 18.3. The number of imidazole rings is 2. The van der Waals surface area contributed by atoms with Gasteiger partial charge in [-0.05, 0) is 48.5 Å². The van der Waals surface area contributed by atoms with Gasteiger partial charge in [-0.1, -0.05) is 18.2 Å². The van der Waals surface area contributed by atoms with Gasteiger partial charge >= 0.3 is 0 Å². The molecule has 0 radical (unpaired) electrons. The Morgan fingerprint density at radius 2 is 1.59 bits per heavy atom. The van der Waals surface area contributed by atoms with Crippen LogP contribution in [0.4, 0.5) is 23.1 Å². The number of aromatic nitrogens is 6. The van der Waals surface area contributed by atoms with Gasteiger partial charge in [-0.25, -0.2) is 9.97 Å². The fourth-order valence-electron chi connectivity index (χ4n) is 4.19. The predicted molar refractivity (Wildman–Crippen MR) is 139 cm³/mol. The van der Waals surface area contributed by atoms with Gasteiger partial charge < -0.3 is 24.7 Å². The number of fused-ring (bicyclic) bond motifs is 2. The van der Waals surface area contributed by atoms with Crippen molar-refractivity contribution in [3.8, 4) is 22.9 Å². The fourth-order valence-corrected chi connectivity index (χ4v) is 4.19. The maximum atomic E-state index is 5.53. The number of ether oxygens (including phenoxy) is 2. The summed E-state index contributed by atoms with van der Waals surface area (Å²) >= 11 is 0. The van der Waals surface area contributed by atoms with Crippen molar-refractivity contribution in [1.82, 2.24) is 29.1 Å². The lowest BCUT2D eigenvalue weighted by Gasteiger charge is -2.12. The van der Waals surface area contributed by atoms with E-state index in [9.17, 15) is 0 Å². The normalized spacial score (nSPS) is 12.1. The average molecular weight is 489 g/mol. The van der Waals surface area contributed by atoms with Crippen LogP contribution in [-0.2, 0) is 0 Å². The van der Waals surface area contributed by atoms with Crippen LogP contribution in [0.15, 0.2) is 97.8 Å². The van der Waals surface area contributed by atoms with Gasteiger partial charge in [0.1, 0.15) is 6.33 Å². The highest BCUT2D eigenvalue weighted by molar-refractivity contribution is 5.88. The molecule has 0 aliphatic carbocycles. The van der Waals surface area contributed by atoms with Crippen molar-refractivity contribution in [3.63, 3.8) is 0 Å². The highest BCUT2D eigenvalue weighted by Crippen LogP contribution is 2.36. The number of para-hydroxylation sites is 1. The molecule has 0 saturated carbocycles. The molecule has 6 aromatic rings. The topological polar surface area (TPSA) is 104 Å². The van der Waals surface area contributed by atoms with E-state index in [1.165, 1.54) is 0 Å². The number of hydrogen-bond acceptors (Lipinski definition) is 8. The lowest BCUT2D eigenvalue weighted by atomic mass is 10.2. The van der Waals surface area contributed by atoms with Crippen LogP contribution in [0.2, 0.25) is 0 Å². The number of nitrogens with one attached hydrogen (secondary N) is 2. The summed E-state index contributed by atoms with van der Waals surface area (Å²) in [5.41, 5.74) is 4.92. The summed E-state index contributed by atoms with van der Waals surface area (Å²) in [7, 11) is 0. The van der Waals surface area contributed by atoms with Crippen LogP contribution in [0.1, 0.15) is 0 Å². The average Bonchev–Trinajstić information content (AvgIpc) is 3.70. The van der Waals surface area contributed by atoms with Crippen molar-refractivity contribution in [3.05, 3.63) is 97.8 Å². The quantitative estimate of drug-likeness (QED) is 0.329. The second-order valence-corrected chi connectivity index (χ2v) is 8.35. The Morgan fingerprint density at radius 1 is 0.757 bits per heavy atom. The molecule has 10 nitrogen and oxygen atoms in total. The van der Waals surface area contributed by atoms with E-state index in [1.807, 2.05) is 88.1 Å². The summed E-state index contributed by atoms with van der Waals surface area (Å²) in [6, 6.07) is 23.6. The first-order valence-corrected chi connectivity index (χ1v) is 11.6. The van der Waals surface area contributed by atoms with E-state index in [0.29, 0.717) is 34.4 Å². The van der Waals surface area contributed by atoms with Crippen molar-refractivity contribution in [1.29, 1.82) is 0 Å². The molecule has 4 heterocycles. The van der Waals surface area contributed by atoms with Crippen molar-refractivity contribution < 1.29 is 9.47 Å². The first-order valence-electron chi connectivity index (χ1n) is 11.6. The zero-order chi connectivity index (χ0) is 24.6. The van der Waals surface area contributed by atoms with Gasteiger partial charge in [-0.3, -0.25) is 4.57 Å². The van der Waals surface area contributed by atoms with Gasteiger partial charge in [0, 0.05) is 41.2 Å². The summed E-state index contributed by atoms with van der Waals surface area (Å²) in [5.74, 6) is 2.40. The molecule has 10 heteroatoms. The van der Waals surface area contributed by atoms with E-state index in [0.717, 1.165) is 22.7 Å². The molecule has 0 fully saturated rings. The third-order valence-corrected chi connectivity index (χ3v) is 5.99. The molecular formula is C27H20N8O2. The Morgan fingerprint density at radius 3 is 2.43 bits per heavy atom. The lowest BCUT2D eigenvalue weighted by molar-refractivity contribution is 0.174. The molecule has 0 bridgehead atoms. The largest absolute Gasteiger partial charge is 0.454 e. The number of nitrogens with zero attached hydrogens (tertiary/aromatic N) is 6. The summed E-state index contributed by atoms with van der Waals surface area (Å²) in [6.07, 6.45) is 7.17. The van der Waals surface area contributed by atoms with Crippen LogP contribution in [-0.4, -0.2) is 35.9 Å². The van der Waals surface area contributed by atoms with Crippen molar-refractivity contribution in [2.45, 2.75) is 0 Å². The van der Waals surface area contributed by atoms with Crippen LogP contribution in [0, 0.1) is 0 Å². The maximum absolute atomic E-state index is 5.53. The minimum absolute atomic E-state index is 0.214. The van der Waals surface area contributed by atoms with Crippen LogP contribution >= 0.6 is 0 Å². The van der Waals surface area contributed by atoms with E-state index in [1.54, 1.807) is 18.9 Å². The second kappa shape index (κ2) is 8.68. The van der Waals surface area contributed by atoms with Gasteiger partial charge in [0.25, 0.3) is 0 Å². The van der Waals surface area contributed by atoms with E-state index < -0.39 is 0 Å². The highest BCUT2D eigenvalue weighted by Gasteiger charge is 2.17. The zero-order valence-corrected chi connectivity index (χ0v) is 19.4. The molecular weight excluding hydrogens is 468 g/mol. The molecule has 0 atom stereocenters. The molecule has 3 aromatic heterocycles. The maximum Gasteiger partial charge on any atom is 0.231 e. The molecule has 2 N–H and O–H groups in total. The van der Waals surface area contributed by atoms with Gasteiger partial charge in [-0.15, -0.1) is 0 Å². The second-order valence-electron chi connectivity index (χ2n) is 8.35. The highest BCUT2D eigenvalue weighted by atomic mass is 16.7. The molecule has 180 valence electrons.